The van der Waals surface area contributed by atoms with Crippen molar-refractivity contribution in [3.05, 3.63) is 54.1 Å². The summed E-state index contributed by atoms with van der Waals surface area (Å²) in [5, 5.41) is 0.614. The molecule has 5 rings (SSSR count). The van der Waals surface area contributed by atoms with Crippen molar-refractivity contribution in [3.8, 4) is 11.5 Å². The fraction of sp³-hybridized carbons (Fsp3) is 0.364. The zero-order valence-corrected chi connectivity index (χ0v) is 18.8. The molecule has 0 spiro atoms. The molecule has 168 valence electrons. The molecular weight excluding hydrogens is 452 g/mol. The van der Waals surface area contributed by atoms with Crippen molar-refractivity contribution in [1.82, 2.24) is 0 Å². The number of amidine groups is 1. The molecule has 0 bridgehead atoms. The lowest BCUT2D eigenvalue weighted by Gasteiger charge is -2.28. The SMILES string of the molecule is O=C(CSC1=N[C@@H]2CS(=O)(=O)C[C@@H]2N1c1ccc2c(c1)OCCO2)OCc1ccccc1. The smallest absolute Gasteiger partial charge is 0.316 e. The number of fused-ring (bicyclic) bond motifs is 2. The molecule has 3 heterocycles. The van der Waals surface area contributed by atoms with Gasteiger partial charge in [-0.15, -0.1) is 0 Å². The van der Waals surface area contributed by atoms with Gasteiger partial charge in [-0.3, -0.25) is 9.79 Å². The number of hydrogen-bond acceptors (Lipinski definition) is 9. The Morgan fingerprint density at radius 2 is 1.88 bits per heavy atom. The van der Waals surface area contributed by atoms with Crippen LogP contribution in [0.4, 0.5) is 5.69 Å². The molecule has 0 radical (unpaired) electrons. The second-order valence-electron chi connectivity index (χ2n) is 7.76. The Labute approximate surface area is 190 Å². The van der Waals surface area contributed by atoms with E-state index in [4.69, 9.17) is 14.2 Å². The van der Waals surface area contributed by atoms with Crippen LogP contribution in [0.1, 0.15) is 5.56 Å². The molecule has 0 aromatic heterocycles. The van der Waals surface area contributed by atoms with Crippen LogP contribution < -0.4 is 14.4 Å². The van der Waals surface area contributed by atoms with Crippen molar-refractivity contribution in [3.63, 3.8) is 0 Å². The molecule has 0 unspecified atom stereocenters. The number of carbonyl (C=O) groups is 1. The van der Waals surface area contributed by atoms with Crippen LogP contribution in [0.3, 0.4) is 0 Å². The number of ether oxygens (including phenoxy) is 3. The number of thioether (sulfide) groups is 1. The number of esters is 1. The van der Waals surface area contributed by atoms with Crippen LogP contribution in [-0.4, -0.2) is 62.1 Å². The summed E-state index contributed by atoms with van der Waals surface area (Å²) in [7, 11) is -3.16. The van der Waals surface area contributed by atoms with E-state index in [1.54, 1.807) is 0 Å². The fourth-order valence-corrected chi connectivity index (χ4v) is 6.78. The molecule has 0 amide bonds. The third-order valence-electron chi connectivity index (χ3n) is 5.47. The second-order valence-corrected chi connectivity index (χ2v) is 10.9. The first-order chi connectivity index (χ1) is 15.5. The molecule has 8 nitrogen and oxygen atoms in total. The van der Waals surface area contributed by atoms with Crippen LogP contribution in [0, 0.1) is 0 Å². The quantitative estimate of drug-likeness (QED) is 0.610. The molecule has 32 heavy (non-hydrogen) atoms. The predicted octanol–water partition coefficient (Wildman–Crippen LogP) is 2.28. The molecule has 2 atom stereocenters. The third-order valence-corrected chi connectivity index (χ3v) is 8.11. The summed E-state index contributed by atoms with van der Waals surface area (Å²) in [6, 6.07) is 14.4. The van der Waals surface area contributed by atoms with E-state index < -0.39 is 9.84 Å². The Morgan fingerprint density at radius 1 is 1.09 bits per heavy atom. The molecule has 1 fully saturated rings. The number of rotatable bonds is 5. The van der Waals surface area contributed by atoms with Gasteiger partial charge in [-0.1, -0.05) is 42.1 Å². The summed E-state index contributed by atoms with van der Waals surface area (Å²) >= 11 is 1.26. The van der Waals surface area contributed by atoms with E-state index in [2.05, 4.69) is 4.99 Å². The minimum absolute atomic E-state index is 0.0151. The monoisotopic (exact) mass is 474 g/mol. The highest BCUT2D eigenvalue weighted by molar-refractivity contribution is 8.14. The van der Waals surface area contributed by atoms with E-state index >= 15 is 0 Å². The minimum Gasteiger partial charge on any atom is -0.486 e. The number of aliphatic imine (C=N–C) groups is 1. The first-order valence-corrected chi connectivity index (χ1v) is 13.1. The van der Waals surface area contributed by atoms with Crippen molar-refractivity contribution < 1.29 is 27.4 Å². The molecule has 2 aromatic carbocycles. The predicted molar refractivity (Wildman–Crippen MR) is 122 cm³/mol. The van der Waals surface area contributed by atoms with E-state index in [9.17, 15) is 13.2 Å². The molecule has 2 aromatic rings. The zero-order valence-electron chi connectivity index (χ0n) is 17.2. The molecule has 0 saturated carbocycles. The minimum atomic E-state index is -3.16. The van der Waals surface area contributed by atoms with E-state index in [-0.39, 0.29) is 41.9 Å². The first-order valence-electron chi connectivity index (χ1n) is 10.3. The van der Waals surface area contributed by atoms with Crippen LogP contribution in [0.2, 0.25) is 0 Å². The van der Waals surface area contributed by atoms with Crippen molar-refractivity contribution in [2.75, 3.05) is 35.4 Å². The Balaban J connectivity index is 1.31. The first kappa shape index (κ1) is 21.1. The molecule has 10 heteroatoms. The second kappa shape index (κ2) is 8.67. The average molecular weight is 475 g/mol. The highest BCUT2D eigenvalue weighted by atomic mass is 32.2. The lowest BCUT2D eigenvalue weighted by atomic mass is 10.1. The Hall–Kier alpha value is -2.72. The van der Waals surface area contributed by atoms with Crippen LogP contribution in [0.25, 0.3) is 0 Å². The van der Waals surface area contributed by atoms with Crippen molar-refractivity contribution in [2.24, 2.45) is 4.99 Å². The van der Waals surface area contributed by atoms with E-state index in [0.717, 1.165) is 11.3 Å². The molecule has 3 aliphatic heterocycles. The maximum Gasteiger partial charge on any atom is 0.316 e. The Bertz CT molecular complexity index is 1150. The van der Waals surface area contributed by atoms with Crippen molar-refractivity contribution in [1.29, 1.82) is 0 Å². The van der Waals surface area contributed by atoms with Crippen LogP contribution in [0.15, 0.2) is 53.5 Å². The fourth-order valence-electron chi connectivity index (χ4n) is 4.02. The number of sulfone groups is 1. The van der Waals surface area contributed by atoms with Gasteiger partial charge < -0.3 is 19.1 Å². The number of hydrogen-bond donors (Lipinski definition) is 0. The standard InChI is InChI=1S/C22H22N2O6S2/c25-21(30-11-15-4-2-1-3-5-15)12-31-22-23-17-13-32(26,27)14-18(17)24(22)16-6-7-19-20(10-16)29-9-8-28-19/h1-7,10,17-18H,8-9,11-14H2/t17-,18+/m1/s1. The van der Waals surface area contributed by atoms with Gasteiger partial charge in [0.1, 0.15) is 19.8 Å². The third kappa shape index (κ3) is 4.42. The van der Waals surface area contributed by atoms with Crippen LogP contribution in [-0.2, 0) is 26.0 Å². The van der Waals surface area contributed by atoms with Gasteiger partial charge in [-0.05, 0) is 17.7 Å². The van der Waals surface area contributed by atoms with E-state index in [1.165, 1.54) is 11.8 Å². The number of benzene rings is 2. The van der Waals surface area contributed by atoms with Crippen LogP contribution in [0.5, 0.6) is 11.5 Å². The lowest BCUT2D eigenvalue weighted by Crippen LogP contribution is -2.39. The number of anilines is 1. The Kier molecular flexibility index (Phi) is 5.73. The topological polar surface area (TPSA) is 94.5 Å². The van der Waals surface area contributed by atoms with Gasteiger partial charge in [-0.2, -0.15) is 0 Å². The lowest BCUT2D eigenvalue weighted by molar-refractivity contribution is -0.141. The molecule has 0 aliphatic carbocycles. The molecular formula is C22H22N2O6S2. The van der Waals surface area contributed by atoms with E-state index in [1.807, 2.05) is 53.4 Å². The van der Waals surface area contributed by atoms with Crippen molar-refractivity contribution in [2.45, 2.75) is 18.7 Å². The highest BCUT2D eigenvalue weighted by Gasteiger charge is 2.47. The largest absolute Gasteiger partial charge is 0.486 e. The molecule has 0 N–H and O–H groups in total. The number of carbonyl (C=O) groups excluding carboxylic acids is 1. The maximum atomic E-state index is 12.3. The molecule has 1 saturated heterocycles. The zero-order chi connectivity index (χ0) is 22.1. The summed E-state index contributed by atoms with van der Waals surface area (Å²) in [5.74, 6) is 1.04. The van der Waals surface area contributed by atoms with Gasteiger partial charge in [0.25, 0.3) is 0 Å². The molecule has 3 aliphatic rings. The summed E-state index contributed by atoms with van der Waals surface area (Å²) in [6.45, 7) is 1.16. The van der Waals surface area contributed by atoms with E-state index in [0.29, 0.717) is 29.9 Å². The number of nitrogens with zero attached hydrogens (tertiary/aromatic N) is 2. The van der Waals surface area contributed by atoms with Gasteiger partial charge in [0.2, 0.25) is 0 Å². The van der Waals surface area contributed by atoms with Gasteiger partial charge in [0, 0.05) is 11.8 Å². The van der Waals surface area contributed by atoms with Gasteiger partial charge in [-0.25, -0.2) is 8.42 Å². The van der Waals surface area contributed by atoms with Gasteiger partial charge in [0.05, 0.1) is 29.3 Å². The average Bonchev–Trinajstić information content (AvgIpc) is 3.27. The van der Waals surface area contributed by atoms with Gasteiger partial charge in [0.15, 0.2) is 26.5 Å². The highest BCUT2D eigenvalue weighted by Crippen LogP contribution is 2.39. The van der Waals surface area contributed by atoms with Gasteiger partial charge >= 0.3 is 5.97 Å². The normalized spacial score (nSPS) is 22.9. The maximum absolute atomic E-state index is 12.3. The Morgan fingerprint density at radius 3 is 2.69 bits per heavy atom. The summed E-state index contributed by atoms with van der Waals surface area (Å²) in [5.41, 5.74) is 1.68. The van der Waals surface area contributed by atoms with Crippen molar-refractivity contribution >= 4 is 38.4 Å². The van der Waals surface area contributed by atoms with Crippen LogP contribution >= 0.6 is 11.8 Å². The summed E-state index contributed by atoms with van der Waals surface area (Å²) in [4.78, 5) is 18.9. The summed E-state index contributed by atoms with van der Waals surface area (Å²) < 4.78 is 41.1. The summed E-state index contributed by atoms with van der Waals surface area (Å²) in [6.07, 6.45) is 0.